The van der Waals surface area contributed by atoms with Gasteiger partial charge in [0.15, 0.2) is 0 Å². The molecule has 0 radical (unpaired) electrons. The lowest BCUT2D eigenvalue weighted by atomic mass is 10.1. The Morgan fingerprint density at radius 1 is 1.43 bits per heavy atom. The summed E-state index contributed by atoms with van der Waals surface area (Å²) in [5.74, 6) is 4.59. The SMILES string of the molecule is Cc1ccc(S(=O)(=O)NCCCC(N)=O)c(C#CCO)c1. The van der Waals surface area contributed by atoms with Gasteiger partial charge in [0, 0.05) is 18.5 Å². The van der Waals surface area contributed by atoms with Crippen LogP contribution in [0.25, 0.3) is 0 Å². The van der Waals surface area contributed by atoms with Crippen molar-refractivity contribution in [3.05, 3.63) is 29.3 Å². The van der Waals surface area contributed by atoms with Gasteiger partial charge in [0.1, 0.15) is 6.61 Å². The van der Waals surface area contributed by atoms with Crippen LogP contribution < -0.4 is 10.5 Å². The van der Waals surface area contributed by atoms with Crippen LogP contribution in [-0.4, -0.2) is 32.6 Å². The molecule has 114 valence electrons. The molecule has 0 heterocycles. The van der Waals surface area contributed by atoms with Crippen molar-refractivity contribution in [2.75, 3.05) is 13.2 Å². The first-order valence-electron chi connectivity index (χ1n) is 6.35. The van der Waals surface area contributed by atoms with Crippen LogP contribution in [0.1, 0.15) is 24.0 Å². The highest BCUT2D eigenvalue weighted by Gasteiger charge is 2.17. The zero-order valence-corrected chi connectivity index (χ0v) is 12.5. The summed E-state index contributed by atoms with van der Waals surface area (Å²) in [7, 11) is -3.72. The maximum atomic E-state index is 12.2. The second-order valence-corrected chi connectivity index (χ2v) is 6.16. The molecule has 0 bridgehead atoms. The molecule has 0 aliphatic heterocycles. The molecule has 0 aliphatic rings. The lowest BCUT2D eigenvalue weighted by Crippen LogP contribution is -2.26. The highest BCUT2D eigenvalue weighted by molar-refractivity contribution is 7.89. The monoisotopic (exact) mass is 310 g/mol. The Kier molecular flexibility index (Phi) is 6.37. The van der Waals surface area contributed by atoms with E-state index in [1.165, 1.54) is 6.07 Å². The molecule has 0 fully saturated rings. The summed E-state index contributed by atoms with van der Waals surface area (Å²) in [5.41, 5.74) is 6.18. The Morgan fingerprint density at radius 3 is 2.76 bits per heavy atom. The third kappa shape index (κ3) is 5.55. The van der Waals surface area contributed by atoms with Crippen molar-refractivity contribution in [2.45, 2.75) is 24.7 Å². The first-order chi connectivity index (χ1) is 9.86. The lowest BCUT2D eigenvalue weighted by Gasteiger charge is -2.09. The Morgan fingerprint density at radius 2 is 2.14 bits per heavy atom. The molecule has 0 aliphatic carbocycles. The number of nitrogens with two attached hydrogens (primary N) is 1. The molecule has 0 atom stereocenters. The minimum Gasteiger partial charge on any atom is -0.384 e. The van der Waals surface area contributed by atoms with Gasteiger partial charge in [-0.15, -0.1) is 0 Å². The van der Waals surface area contributed by atoms with Crippen LogP contribution in [0.4, 0.5) is 0 Å². The van der Waals surface area contributed by atoms with E-state index < -0.39 is 15.9 Å². The topological polar surface area (TPSA) is 109 Å². The van der Waals surface area contributed by atoms with Crippen molar-refractivity contribution in [1.29, 1.82) is 0 Å². The number of carbonyl (C=O) groups is 1. The number of benzene rings is 1. The maximum Gasteiger partial charge on any atom is 0.241 e. The van der Waals surface area contributed by atoms with E-state index in [1.54, 1.807) is 12.1 Å². The zero-order valence-electron chi connectivity index (χ0n) is 11.7. The van der Waals surface area contributed by atoms with E-state index in [9.17, 15) is 13.2 Å². The predicted molar refractivity (Wildman–Crippen MR) is 78.8 cm³/mol. The first kappa shape index (κ1) is 17.2. The van der Waals surface area contributed by atoms with Crippen LogP contribution in [-0.2, 0) is 14.8 Å². The fraction of sp³-hybridized carbons (Fsp3) is 0.357. The zero-order chi connectivity index (χ0) is 15.9. The largest absolute Gasteiger partial charge is 0.384 e. The molecule has 1 rings (SSSR count). The number of hydrogen-bond donors (Lipinski definition) is 3. The molecule has 7 heteroatoms. The molecule has 1 amide bonds. The molecule has 21 heavy (non-hydrogen) atoms. The number of aryl methyl sites for hydroxylation is 1. The average Bonchev–Trinajstić information content (AvgIpc) is 2.41. The lowest BCUT2D eigenvalue weighted by molar-refractivity contribution is -0.118. The van der Waals surface area contributed by atoms with Crippen LogP contribution in [0.3, 0.4) is 0 Å². The molecule has 0 unspecified atom stereocenters. The minimum atomic E-state index is -3.72. The van der Waals surface area contributed by atoms with Gasteiger partial charge in [-0.3, -0.25) is 4.79 Å². The van der Waals surface area contributed by atoms with Crippen LogP contribution in [0.5, 0.6) is 0 Å². The number of aliphatic hydroxyl groups is 1. The number of sulfonamides is 1. The van der Waals surface area contributed by atoms with Crippen molar-refractivity contribution in [3.8, 4) is 11.8 Å². The van der Waals surface area contributed by atoms with Gasteiger partial charge in [-0.2, -0.15) is 0 Å². The highest BCUT2D eigenvalue weighted by Crippen LogP contribution is 2.16. The Hall–Kier alpha value is -1.88. The van der Waals surface area contributed by atoms with E-state index in [0.29, 0.717) is 12.0 Å². The van der Waals surface area contributed by atoms with E-state index in [2.05, 4.69) is 16.6 Å². The summed E-state index contributed by atoms with van der Waals surface area (Å²) in [5, 5.41) is 8.73. The van der Waals surface area contributed by atoms with Crippen LogP contribution >= 0.6 is 0 Å². The Labute approximate surface area is 124 Å². The van der Waals surface area contributed by atoms with Crippen LogP contribution in [0, 0.1) is 18.8 Å². The number of rotatable bonds is 6. The van der Waals surface area contributed by atoms with Gasteiger partial charge in [0.2, 0.25) is 15.9 Å². The van der Waals surface area contributed by atoms with Crippen molar-refractivity contribution in [1.82, 2.24) is 4.72 Å². The van der Waals surface area contributed by atoms with Gasteiger partial charge in [0.05, 0.1) is 4.90 Å². The van der Waals surface area contributed by atoms with E-state index in [4.69, 9.17) is 10.8 Å². The summed E-state index contributed by atoms with van der Waals surface area (Å²) in [6, 6.07) is 4.77. The maximum absolute atomic E-state index is 12.2. The van der Waals surface area contributed by atoms with E-state index in [1.807, 2.05) is 6.92 Å². The minimum absolute atomic E-state index is 0.0492. The molecular weight excluding hydrogens is 292 g/mol. The Bertz CT molecular complexity index is 672. The normalized spacial score (nSPS) is 10.8. The third-order valence-corrected chi connectivity index (χ3v) is 4.14. The van der Waals surface area contributed by atoms with Crippen molar-refractivity contribution >= 4 is 15.9 Å². The second kappa shape index (κ2) is 7.78. The molecular formula is C14H18N2O4S. The van der Waals surface area contributed by atoms with Gasteiger partial charge < -0.3 is 10.8 Å². The summed E-state index contributed by atoms with van der Waals surface area (Å²) >= 11 is 0. The summed E-state index contributed by atoms with van der Waals surface area (Å²) in [6.45, 7) is 1.59. The fourth-order valence-electron chi connectivity index (χ4n) is 1.66. The van der Waals surface area contributed by atoms with Gasteiger partial charge in [-0.05, 0) is 31.0 Å². The first-order valence-corrected chi connectivity index (χ1v) is 7.83. The highest BCUT2D eigenvalue weighted by atomic mass is 32.2. The fourth-order valence-corrected chi connectivity index (χ4v) is 2.87. The smallest absolute Gasteiger partial charge is 0.241 e. The molecule has 1 aromatic carbocycles. The second-order valence-electron chi connectivity index (χ2n) is 4.43. The number of hydrogen-bond acceptors (Lipinski definition) is 4. The summed E-state index contributed by atoms with van der Waals surface area (Å²) < 4.78 is 26.8. The molecule has 6 nitrogen and oxygen atoms in total. The quantitative estimate of drug-likeness (QED) is 0.503. The Balaban J connectivity index is 2.94. The molecule has 0 saturated carbocycles. The van der Waals surface area contributed by atoms with Gasteiger partial charge >= 0.3 is 0 Å². The van der Waals surface area contributed by atoms with E-state index in [0.717, 1.165) is 5.56 Å². The number of aliphatic hydroxyl groups excluding tert-OH is 1. The molecule has 4 N–H and O–H groups in total. The molecule has 0 aromatic heterocycles. The van der Waals surface area contributed by atoms with E-state index in [-0.39, 0.29) is 24.5 Å². The standard InChI is InChI=1S/C14H18N2O4S/c1-11-6-7-13(12(10-11)4-3-9-17)21(19,20)16-8-2-5-14(15)18/h6-7,10,16-17H,2,5,8-9H2,1H3,(H2,15,18). The third-order valence-electron chi connectivity index (χ3n) is 2.62. The number of amides is 1. The van der Waals surface area contributed by atoms with E-state index >= 15 is 0 Å². The molecule has 1 aromatic rings. The van der Waals surface area contributed by atoms with Crippen molar-refractivity contribution in [2.24, 2.45) is 5.73 Å². The predicted octanol–water partition coefficient (Wildman–Crippen LogP) is -0.117. The average molecular weight is 310 g/mol. The van der Waals surface area contributed by atoms with Gasteiger partial charge in [-0.25, -0.2) is 13.1 Å². The molecule has 0 spiro atoms. The number of nitrogens with one attached hydrogen (secondary N) is 1. The van der Waals surface area contributed by atoms with Crippen LogP contribution in [0.15, 0.2) is 23.1 Å². The summed E-state index contributed by atoms with van der Waals surface area (Å²) in [4.78, 5) is 10.7. The summed E-state index contributed by atoms with van der Waals surface area (Å²) in [6.07, 6.45) is 0.450. The van der Waals surface area contributed by atoms with Crippen molar-refractivity contribution < 1.29 is 18.3 Å². The van der Waals surface area contributed by atoms with Crippen LogP contribution in [0.2, 0.25) is 0 Å². The molecule has 0 saturated heterocycles. The number of primary amides is 1. The van der Waals surface area contributed by atoms with Gasteiger partial charge in [-0.1, -0.05) is 17.9 Å². The van der Waals surface area contributed by atoms with Gasteiger partial charge in [0.25, 0.3) is 0 Å². The van der Waals surface area contributed by atoms with Crippen molar-refractivity contribution in [3.63, 3.8) is 0 Å². The number of carbonyl (C=O) groups excluding carboxylic acids is 1.